The van der Waals surface area contributed by atoms with Gasteiger partial charge in [-0.2, -0.15) is 0 Å². The fourth-order valence-corrected chi connectivity index (χ4v) is 2.28. The van der Waals surface area contributed by atoms with Crippen LogP contribution in [0.4, 0.5) is 10.5 Å². The Morgan fingerprint density at radius 2 is 2.31 bits per heavy atom. The minimum atomic E-state index is -0.294. The highest BCUT2D eigenvalue weighted by Gasteiger charge is 2.24. The summed E-state index contributed by atoms with van der Waals surface area (Å²) in [5.41, 5.74) is 0.944. The molecule has 0 N–H and O–H groups in total. The van der Waals surface area contributed by atoms with Crippen molar-refractivity contribution in [2.75, 3.05) is 17.9 Å². The molecule has 0 aromatic heterocycles. The summed E-state index contributed by atoms with van der Waals surface area (Å²) in [6.07, 6.45) is -0.294. The van der Waals surface area contributed by atoms with Gasteiger partial charge in [-0.15, -0.1) is 11.8 Å². The van der Waals surface area contributed by atoms with E-state index in [-0.39, 0.29) is 6.09 Å². The van der Waals surface area contributed by atoms with E-state index in [4.69, 9.17) is 0 Å². The van der Waals surface area contributed by atoms with Crippen molar-refractivity contribution in [2.45, 2.75) is 4.90 Å². The number of benzene rings is 1. The molecule has 0 atom stereocenters. The molecule has 0 aliphatic carbocycles. The standard InChI is InChI=1S/C9H9NO2S/c1-12-9(11)10-6-13-8-5-3-2-4-7(8)10/h2-5H,6H2,1H3. The minimum absolute atomic E-state index is 0.294. The lowest BCUT2D eigenvalue weighted by atomic mass is 10.3. The van der Waals surface area contributed by atoms with Gasteiger partial charge in [-0.3, -0.25) is 4.90 Å². The molecule has 1 aliphatic rings. The summed E-state index contributed by atoms with van der Waals surface area (Å²) in [5, 5.41) is 0. The number of carbonyl (C=O) groups is 1. The highest BCUT2D eigenvalue weighted by molar-refractivity contribution is 8.00. The fraction of sp³-hybridized carbons (Fsp3) is 0.222. The van der Waals surface area contributed by atoms with Crippen molar-refractivity contribution < 1.29 is 9.53 Å². The summed E-state index contributed by atoms with van der Waals surface area (Å²) >= 11 is 1.64. The molecule has 0 saturated carbocycles. The third-order valence-corrected chi connectivity index (χ3v) is 2.94. The van der Waals surface area contributed by atoms with E-state index in [0.29, 0.717) is 5.88 Å². The molecule has 68 valence electrons. The van der Waals surface area contributed by atoms with E-state index in [0.717, 1.165) is 10.6 Å². The lowest BCUT2D eigenvalue weighted by Crippen LogP contribution is -2.27. The molecule has 1 aromatic rings. The number of fused-ring (bicyclic) bond motifs is 1. The number of ether oxygens (including phenoxy) is 1. The van der Waals surface area contributed by atoms with Crippen LogP contribution in [0.2, 0.25) is 0 Å². The number of amides is 1. The Balaban J connectivity index is 2.33. The van der Waals surface area contributed by atoms with Crippen molar-refractivity contribution in [3.8, 4) is 0 Å². The van der Waals surface area contributed by atoms with Crippen LogP contribution in [0.3, 0.4) is 0 Å². The number of rotatable bonds is 0. The van der Waals surface area contributed by atoms with Gasteiger partial charge in [0.15, 0.2) is 0 Å². The van der Waals surface area contributed by atoms with Crippen LogP contribution < -0.4 is 4.90 Å². The second-order valence-electron chi connectivity index (χ2n) is 2.64. The Kier molecular flexibility index (Phi) is 2.14. The van der Waals surface area contributed by atoms with Crippen LogP contribution in [-0.4, -0.2) is 19.1 Å². The van der Waals surface area contributed by atoms with Crippen LogP contribution in [0.25, 0.3) is 0 Å². The number of methoxy groups -OCH3 is 1. The van der Waals surface area contributed by atoms with Gasteiger partial charge in [-0.25, -0.2) is 4.79 Å². The molecule has 0 unspecified atom stereocenters. The summed E-state index contributed by atoms with van der Waals surface area (Å²) in [6.45, 7) is 0. The molecule has 3 nitrogen and oxygen atoms in total. The molecule has 2 rings (SSSR count). The number of thioether (sulfide) groups is 1. The zero-order valence-electron chi connectivity index (χ0n) is 7.19. The largest absolute Gasteiger partial charge is 0.452 e. The van der Waals surface area contributed by atoms with Gasteiger partial charge in [0.1, 0.15) is 0 Å². The van der Waals surface area contributed by atoms with Crippen LogP contribution in [0.1, 0.15) is 0 Å². The van der Waals surface area contributed by atoms with E-state index in [2.05, 4.69) is 4.74 Å². The van der Waals surface area contributed by atoms with Crippen molar-refractivity contribution in [1.29, 1.82) is 0 Å². The van der Waals surface area contributed by atoms with Gasteiger partial charge in [0.05, 0.1) is 18.7 Å². The highest BCUT2D eigenvalue weighted by Crippen LogP contribution is 2.38. The molecule has 0 bridgehead atoms. The first-order valence-electron chi connectivity index (χ1n) is 3.90. The molecule has 0 fully saturated rings. The van der Waals surface area contributed by atoms with Crippen LogP contribution >= 0.6 is 11.8 Å². The van der Waals surface area contributed by atoms with Gasteiger partial charge in [0.2, 0.25) is 0 Å². The minimum Gasteiger partial charge on any atom is -0.452 e. The van der Waals surface area contributed by atoms with E-state index in [1.807, 2.05) is 24.3 Å². The lowest BCUT2D eigenvalue weighted by molar-refractivity contribution is 0.180. The quantitative estimate of drug-likeness (QED) is 0.636. The highest BCUT2D eigenvalue weighted by atomic mass is 32.2. The first-order chi connectivity index (χ1) is 6.33. The van der Waals surface area contributed by atoms with Crippen molar-refractivity contribution in [3.05, 3.63) is 24.3 Å². The zero-order chi connectivity index (χ0) is 9.26. The third kappa shape index (κ3) is 1.37. The SMILES string of the molecule is COC(=O)N1CSc2ccccc21. The van der Waals surface area contributed by atoms with Gasteiger partial charge in [-0.05, 0) is 12.1 Å². The van der Waals surface area contributed by atoms with Crippen LogP contribution in [0.5, 0.6) is 0 Å². The van der Waals surface area contributed by atoms with E-state index in [9.17, 15) is 4.79 Å². The predicted molar refractivity (Wildman–Crippen MR) is 52.1 cm³/mol. The zero-order valence-corrected chi connectivity index (χ0v) is 8.00. The Labute approximate surface area is 80.7 Å². The molecule has 13 heavy (non-hydrogen) atoms. The first-order valence-corrected chi connectivity index (χ1v) is 4.89. The van der Waals surface area contributed by atoms with Gasteiger partial charge in [0.25, 0.3) is 0 Å². The number of hydrogen-bond donors (Lipinski definition) is 0. The molecule has 0 spiro atoms. The summed E-state index contributed by atoms with van der Waals surface area (Å²) in [5.74, 6) is 0.645. The summed E-state index contributed by atoms with van der Waals surface area (Å²) in [6, 6.07) is 7.81. The summed E-state index contributed by atoms with van der Waals surface area (Å²) in [4.78, 5) is 14.0. The second kappa shape index (κ2) is 3.30. The average molecular weight is 195 g/mol. The van der Waals surface area contributed by atoms with Crippen molar-refractivity contribution in [1.82, 2.24) is 0 Å². The molecule has 1 amide bonds. The first kappa shape index (κ1) is 8.44. The number of hydrogen-bond acceptors (Lipinski definition) is 3. The molecule has 1 heterocycles. The van der Waals surface area contributed by atoms with E-state index < -0.39 is 0 Å². The van der Waals surface area contributed by atoms with Gasteiger partial charge in [0, 0.05) is 4.90 Å². The third-order valence-electron chi connectivity index (χ3n) is 1.90. The predicted octanol–water partition coefficient (Wildman–Crippen LogP) is 2.32. The van der Waals surface area contributed by atoms with Crippen LogP contribution in [0, 0.1) is 0 Å². The lowest BCUT2D eigenvalue weighted by Gasteiger charge is -2.13. The van der Waals surface area contributed by atoms with E-state index in [1.54, 1.807) is 16.7 Å². The topological polar surface area (TPSA) is 29.5 Å². The smallest absolute Gasteiger partial charge is 0.414 e. The Hall–Kier alpha value is -1.16. The summed E-state index contributed by atoms with van der Waals surface area (Å²) < 4.78 is 4.66. The Morgan fingerprint density at radius 1 is 1.54 bits per heavy atom. The van der Waals surface area contributed by atoms with Gasteiger partial charge >= 0.3 is 6.09 Å². The van der Waals surface area contributed by atoms with Crippen LogP contribution in [0.15, 0.2) is 29.2 Å². The van der Waals surface area contributed by atoms with E-state index >= 15 is 0 Å². The monoisotopic (exact) mass is 195 g/mol. The van der Waals surface area contributed by atoms with Crippen LogP contribution in [-0.2, 0) is 4.74 Å². The summed E-state index contributed by atoms with van der Waals surface area (Å²) in [7, 11) is 1.40. The molecule has 0 radical (unpaired) electrons. The molecule has 1 aromatic carbocycles. The maximum Gasteiger partial charge on any atom is 0.414 e. The number of carbonyl (C=O) groups excluding carboxylic acids is 1. The van der Waals surface area contributed by atoms with E-state index in [1.165, 1.54) is 7.11 Å². The van der Waals surface area contributed by atoms with Gasteiger partial charge < -0.3 is 4.74 Å². The van der Waals surface area contributed by atoms with Gasteiger partial charge in [-0.1, -0.05) is 12.1 Å². The molecular weight excluding hydrogens is 186 g/mol. The fourth-order valence-electron chi connectivity index (χ4n) is 1.27. The number of para-hydroxylation sites is 1. The number of anilines is 1. The molecular formula is C9H9NO2S. The van der Waals surface area contributed by atoms with Crippen molar-refractivity contribution in [2.24, 2.45) is 0 Å². The Bertz CT molecular complexity index is 340. The van der Waals surface area contributed by atoms with Crippen molar-refractivity contribution >= 4 is 23.5 Å². The van der Waals surface area contributed by atoms with Crippen molar-refractivity contribution in [3.63, 3.8) is 0 Å². The second-order valence-corrected chi connectivity index (χ2v) is 3.63. The molecule has 0 saturated heterocycles. The normalized spacial score (nSPS) is 14.1. The molecule has 4 heteroatoms. The Morgan fingerprint density at radius 3 is 3.08 bits per heavy atom. The maximum atomic E-state index is 11.3. The number of nitrogens with zero attached hydrogens (tertiary/aromatic N) is 1. The average Bonchev–Trinajstić information content (AvgIpc) is 2.60. The maximum absolute atomic E-state index is 11.3. The molecule has 1 aliphatic heterocycles.